The zero-order valence-corrected chi connectivity index (χ0v) is 12.4. The molecule has 1 aromatic rings. The molecule has 1 aromatic carbocycles. The minimum atomic E-state index is 0.463. The lowest BCUT2D eigenvalue weighted by Gasteiger charge is -2.36. The van der Waals surface area contributed by atoms with Gasteiger partial charge in [0.05, 0.1) is 0 Å². The molecule has 1 N–H and O–H groups in total. The fraction of sp³-hybridized carbons (Fsp3) is 0.647. The maximum absolute atomic E-state index is 5.92. The van der Waals surface area contributed by atoms with Gasteiger partial charge in [0, 0.05) is 6.04 Å². The zero-order valence-electron chi connectivity index (χ0n) is 12.4. The summed E-state index contributed by atoms with van der Waals surface area (Å²) in [5.41, 5.74) is 0. The van der Waals surface area contributed by atoms with Crippen molar-refractivity contribution in [3.8, 4) is 5.75 Å². The summed E-state index contributed by atoms with van der Waals surface area (Å²) in [6, 6.07) is 10.6. The summed E-state index contributed by atoms with van der Waals surface area (Å²) in [5.74, 6) is 3.41. The maximum Gasteiger partial charge on any atom is 0.119 e. The molecule has 1 aliphatic rings. The lowest BCUT2D eigenvalue weighted by Crippen LogP contribution is -2.42. The third-order valence-corrected chi connectivity index (χ3v) is 4.33. The Hall–Kier alpha value is -1.02. The lowest BCUT2D eigenvalue weighted by atomic mass is 9.74. The third-order valence-electron chi connectivity index (χ3n) is 4.33. The van der Waals surface area contributed by atoms with Gasteiger partial charge in [0.1, 0.15) is 12.4 Å². The molecular formula is C17H27NO. The highest BCUT2D eigenvalue weighted by molar-refractivity contribution is 5.20. The van der Waals surface area contributed by atoms with Gasteiger partial charge in [-0.25, -0.2) is 0 Å². The van der Waals surface area contributed by atoms with Gasteiger partial charge in [0.2, 0.25) is 0 Å². The van der Waals surface area contributed by atoms with E-state index in [-0.39, 0.29) is 0 Å². The van der Waals surface area contributed by atoms with E-state index in [2.05, 4.69) is 26.2 Å². The molecule has 1 fully saturated rings. The number of likely N-dealkylation sites (N-methyl/N-ethyl adjacent to an activating group) is 1. The van der Waals surface area contributed by atoms with Gasteiger partial charge in [-0.1, -0.05) is 32.0 Å². The van der Waals surface area contributed by atoms with E-state index in [4.69, 9.17) is 4.74 Å². The van der Waals surface area contributed by atoms with Crippen LogP contribution in [0.25, 0.3) is 0 Å². The number of benzene rings is 1. The number of hydrogen-bond donors (Lipinski definition) is 1. The third kappa shape index (κ3) is 4.24. The van der Waals surface area contributed by atoms with Crippen LogP contribution < -0.4 is 10.1 Å². The van der Waals surface area contributed by atoms with Crippen LogP contribution in [0.2, 0.25) is 0 Å². The van der Waals surface area contributed by atoms with Gasteiger partial charge in [0.25, 0.3) is 0 Å². The van der Waals surface area contributed by atoms with Gasteiger partial charge in [-0.3, -0.25) is 0 Å². The van der Waals surface area contributed by atoms with Crippen LogP contribution in [-0.4, -0.2) is 19.7 Å². The average Bonchev–Trinajstić information content (AvgIpc) is 2.39. The first kappa shape index (κ1) is 14.4. The fourth-order valence-corrected chi connectivity index (χ4v) is 3.50. The van der Waals surface area contributed by atoms with Gasteiger partial charge < -0.3 is 10.1 Å². The Kier molecular flexibility index (Phi) is 5.26. The molecule has 2 heteroatoms. The Morgan fingerprint density at radius 1 is 1.11 bits per heavy atom. The summed E-state index contributed by atoms with van der Waals surface area (Å²) in [5, 5.41) is 3.46. The normalized spacial score (nSPS) is 28.9. The highest BCUT2D eigenvalue weighted by Crippen LogP contribution is 2.34. The van der Waals surface area contributed by atoms with E-state index >= 15 is 0 Å². The number of ether oxygens (including phenoxy) is 1. The molecule has 0 radical (unpaired) electrons. The lowest BCUT2D eigenvalue weighted by molar-refractivity contribution is 0.143. The Morgan fingerprint density at radius 2 is 1.74 bits per heavy atom. The monoisotopic (exact) mass is 261 g/mol. The highest BCUT2D eigenvalue weighted by atomic mass is 16.5. The maximum atomic E-state index is 5.92. The summed E-state index contributed by atoms with van der Waals surface area (Å²) >= 11 is 0. The predicted molar refractivity (Wildman–Crippen MR) is 80.5 cm³/mol. The van der Waals surface area contributed by atoms with Crippen molar-refractivity contribution in [2.75, 3.05) is 13.7 Å². The Bertz CT molecular complexity index is 355. The number of nitrogens with one attached hydrogen (secondary N) is 1. The second kappa shape index (κ2) is 6.95. The first-order valence-electron chi connectivity index (χ1n) is 7.54. The number of rotatable bonds is 5. The van der Waals surface area contributed by atoms with Crippen molar-refractivity contribution < 1.29 is 4.74 Å². The molecule has 3 unspecified atom stereocenters. The molecule has 0 saturated heterocycles. The first-order valence-corrected chi connectivity index (χ1v) is 7.54. The summed E-state index contributed by atoms with van der Waals surface area (Å²) < 4.78 is 5.92. The van der Waals surface area contributed by atoms with Crippen LogP contribution in [0, 0.1) is 17.8 Å². The second-order valence-corrected chi connectivity index (χ2v) is 6.20. The van der Waals surface area contributed by atoms with Crippen molar-refractivity contribution in [1.29, 1.82) is 0 Å². The molecule has 106 valence electrons. The molecule has 0 spiro atoms. The molecule has 0 bridgehead atoms. The van der Waals surface area contributed by atoms with Crippen molar-refractivity contribution >= 4 is 0 Å². The molecule has 2 nitrogen and oxygen atoms in total. The standard InChI is InChI=1S/C17H27NO/c1-13-9-14(2)11-15(10-13)17(18-3)12-19-16-7-5-4-6-8-16/h4-8,13-15,17-18H,9-12H2,1-3H3. The van der Waals surface area contributed by atoms with E-state index in [0.717, 1.165) is 30.1 Å². The Balaban J connectivity index is 1.89. The summed E-state index contributed by atoms with van der Waals surface area (Å²) in [6.45, 7) is 5.53. The number of hydrogen-bond acceptors (Lipinski definition) is 2. The van der Waals surface area contributed by atoms with Crippen LogP contribution in [-0.2, 0) is 0 Å². The molecule has 2 rings (SSSR count). The van der Waals surface area contributed by atoms with Gasteiger partial charge in [-0.2, -0.15) is 0 Å². The van der Waals surface area contributed by atoms with E-state index in [9.17, 15) is 0 Å². The average molecular weight is 261 g/mol. The Labute approximate surface area is 117 Å². The molecule has 0 aliphatic heterocycles. The van der Waals surface area contributed by atoms with Crippen molar-refractivity contribution in [1.82, 2.24) is 5.32 Å². The van der Waals surface area contributed by atoms with Crippen molar-refractivity contribution in [2.45, 2.75) is 39.2 Å². The van der Waals surface area contributed by atoms with E-state index in [0.29, 0.717) is 6.04 Å². The summed E-state index contributed by atoms with van der Waals surface area (Å²) in [4.78, 5) is 0. The molecule has 19 heavy (non-hydrogen) atoms. The van der Waals surface area contributed by atoms with Crippen molar-refractivity contribution in [3.05, 3.63) is 30.3 Å². The van der Waals surface area contributed by atoms with Crippen LogP contribution in [0.1, 0.15) is 33.1 Å². The zero-order chi connectivity index (χ0) is 13.7. The van der Waals surface area contributed by atoms with Crippen LogP contribution in [0.3, 0.4) is 0 Å². The Morgan fingerprint density at radius 3 is 2.32 bits per heavy atom. The van der Waals surface area contributed by atoms with Crippen LogP contribution in [0.5, 0.6) is 5.75 Å². The minimum absolute atomic E-state index is 0.463. The van der Waals surface area contributed by atoms with Gasteiger partial charge in [-0.15, -0.1) is 0 Å². The minimum Gasteiger partial charge on any atom is -0.492 e. The summed E-state index contributed by atoms with van der Waals surface area (Å²) in [7, 11) is 2.06. The molecule has 3 atom stereocenters. The SMILES string of the molecule is CNC(COc1ccccc1)C1CC(C)CC(C)C1. The van der Waals surface area contributed by atoms with Crippen LogP contribution in [0.4, 0.5) is 0 Å². The van der Waals surface area contributed by atoms with Gasteiger partial charge in [0.15, 0.2) is 0 Å². The van der Waals surface area contributed by atoms with E-state index in [1.807, 2.05) is 30.3 Å². The second-order valence-electron chi connectivity index (χ2n) is 6.20. The number of para-hydroxylation sites is 1. The quantitative estimate of drug-likeness (QED) is 0.872. The fourth-order valence-electron chi connectivity index (χ4n) is 3.50. The van der Waals surface area contributed by atoms with Crippen LogP contribution >= 0.6 is 0 Å². The molecule has 0 amide bonds. The van der Waals surface area contributed by atoms with Crippen molar-refractivity contribution in [3.63, 3.8) is 0 Å². The molecular weight excluding hydrogens is 234 g/mol. The van der Waals surface area contributed by atoms with E-state index < -0.39 is 0 Å². The van der Waals surface area contributed by atoms with Gasteiger partial charge >= 0.3 is 0 Å². The topological polar surface area (TPSA) is 21.3 Å². The van der Waals surface area contributed by atoms with Crippen LogP contribution in [0.15, 0.2) is 30.3 Å². The predicted octanol–water partition coefficient (Wildman–Crippen LogP) is 3.73. The van der Waals surface area contributed by atoms with Crippen molar-refractivity contribution in [2.24, 2.45) is 17.8 Å². The summed E-state index contributed by atoms with van der Waals surface area (Å²) in [6.07, 6.45) is 4.04. The molecule has 0 heterocycles. The largest absolute Gasteiger partial charge is 0.492 e. The van der Waals surface area contributed by atoms with E-state index in [1.54, 1.807) is 0 Å². The molecule has 0 aromatic heterocycles. The van der Waals surface area contributed by atoms with Gasteiger partial charge in [-0.05, 0) is 56.2 Å². The smallest absolute Gasteiger partial charge is 0.119 e. The first-order chi connectivity index (χ1) is 9.19. The highest BCUT2D eigenvalue weighted by Gasteiger charge is 2.29. The van der Waals surface area contributed by atoms with E-state index in [1.165, 1.54) is 19.3 Å². The molecule has 1 aliphatic carbocycles. The molecule has 1 saturated carbocycles.